The van der Waals surface area contributed by atoms with Crippen LogP contribution in [-0.2, 0) is 20.1 Å². The molecule has 0 saturated carbocycles. The molecule has 0 radical (unpaired) electrons. The first-order valence-electron chi connectivity index (χ1n) is 3.61. The van der Waals surface area contributed by atoms with E-state index in [0.717, 1.165) is 12.0 Å². The van der Waals surface area contributed by atoms with Crippen LogP contribution in [0.1, 0.15) is 12.8 Å². The summed E-state index contributed by atoms with van der Waals surface area (Å²) in [5.41, 5.74) is 7.69. The molecule has 0 aromatic heterocycles. The molecule has 0 fully saturated rings. The van der Waals surface area contributed by atoms with Gasteiger partial charge in [-0.25, -0.2) is 0 Å². The minimum atomic E-state index is -1.64. The zero-order chi connectivity index (χ0) is 10.3. The third kappa shape index (κ3) is 26.0. The summed E-state index contributed by atoms with van der Waals surface area (Å²) in [4.78, 5) is 13.5. The van der Waals surface area contributed by atoms with E-state index < -0.39 is 21.2 Å². The van der Waals surface area contributed by atoms with Gasteiger partial charge in [-0.2, -0.15) is 0 Å². The van der Waals surface area contributed by atoms with E-state index in [1.807, 2.05) is 18.2 Å². The van der Waals surface area contributed by atoms with Crippen molar-refractivity contribution in [3.05, 3.63) is 59.2 Å². The summed E-state index contributed by atoms with van der Waals surface area (Å²) in [6.45, 7) is 0. The molecular weight excluding hydrogens is 293 g/mol. The summed E-state index contributed by atoms with van der Waals surface area (Å²) in [6.07, 6.45) is 6.95. The molecule has 1 rings (SSSR count). The summed E-state index contributed by atoms with van der Waals surface area (Å²) in [5, 5.41) is 0. The van der Waals surface area contributed by atoms with Crippen molar-refractivity contribution < 1.29 is 20.1 Å². The van der Waals surface area contributed by atoms with Crippen LogP contribution in [0.3, 0.4) is 0 Å². The maximum absolute atomic E-state index is 10.2. The SMILES string of the molecule is [CH2]=[Ti]([Cl])[Cl].[CH3-].[CH3-].[CH3-].[CH3-].[NH-]C(=O)CC1=CC=CC1. The maximum Gasteiger partial charge on any atom is 0.0529 e. The molecule has 0 atom stereocenters. The van der Waals surface area contributed by atoms with Crippen LogP contribution in [-0.4, -0.2) is 10.7 Å². The third-order valence-electron chi connectivity index (χ3n) is 1.24. The number of rotatable bonds is 2. The van der Waals surface area contributed by atoms with Crippen LogP contribution in [0.4, 0.5) is 0 Å². The zero-order valence-corrected chi connectivity index (χ0v) is 14.1. The summed E-state index contributed by atoms with van der Waals surface area (Å²) in [7, 11) is 10.2. The van der Waals surface area contributed by atoms with E-state index in [1.54, 1.807) is 0 Å². The predicted octanol–water partition coefficient (Wildman–Crippen LogP) is 4.99. The predicted molar refractivity (Wildman–Crippen MR) is 80.3 cm³/mol. The van der Waals surface area contributed by atoms with E-state index in [-0.39, 0.29) is 29.7 Å². The Morgan fingerprint density at radius 3 is 2.00 bits per heavy atom. The third-order valence-corrected chi connectivity index (χ3v) is 1.24. The second-order valence-corrected chi connectivity index (χ2v) is 8.01. The Kier molecular flexibility index (Phi) is 32.9. The molecule has 0 spiro atoms. The summed E-state index contributed by atoms with van der Waals surface area (Å²) >= 11 is -1.64. The van der Waals surface area contributed by atoms with Crippen molar-refractivity contribution in [2.24, 2.45) is 0 Å². The van der Waals surface area contributed by atoms with Gasteiger partial charge in [0.2, 0.25) is 0 Å². The summed E-state index contributed by atoms with van der Waals surface area (Å²) in [5.74, 6) is -0.495. The van der Waals surface area contributed by atoms with Gasteiger partial charge in [0.15, 0.2) is 0 Å². The van der Waals surface area contributed by atoms with Gasteiger partial charge in [0.05, 0.1) is 5.91 Å². The monoisotopic (exact) mass is 314 g/mol. The van der Waals surface area contributed by atoms with Crippen LogP contribution in [0.15, 0.2) is 23.8 Å². The summed E-state index contributed by atoms with van der Waals surface area (Å²) in [6, 6.07) is 0. The van der Waals surface area contributed by atoms with Gasteiger partial charge < -0.3 is 40.2 Å². The quantitative estimate of drug-likeness (QED) is 0.523. The molecule has 0 heterocycles. The Balaban J connectivity index is -0.0000000542. The van der Waals surface area contributed by atoms with Gasteiger partial charge in [-0.05, 0) is 6.42 Å². The average Bonchev–Trinajstić information content (AvgIpc) is 2.36. The van der Waals surface area contributed by atoms with Crippen molar-refractivity contribution in [1.82, 2.24) is 0 Å². The van der Waals surface area contributed by atoms with E-state index >= 15 is 0 Å². The van der Waals surface area contributed by atoms with Gasteiger partial charge in [0.1, 0.15) is 0 Å². The van der Waals surface area contributed by atoms with E-state index in [4.69, 9.17) is 24.3 Å². The zero-order valence-electron chi connectivity index (χ0n) is 11.0. The van der Waals surface area contributed by atoms with E-state index in [9.17, 15) is 4.79 Å². The van der Waals surface area contributed by atoms with Crippen molar-refractivity contribution in [3.63, 3.8) is 0 Å². The van der Waals surface area contributed by atoms with Gasteiger partial charge in [-0.3, -0.25) is 0 Å². The topological polar surface area (TPSA) is 40.9 Å². The molecule has 17 heavy (non-hydrogen) atoms. The number of amides is 1. The maximum atomic E-state index is 10.2. The van der Waals surface area contributed by atoms with Crippen molar-refractivity contribution in [3.8, 4) is 0 Å². The van der Waals surface area contributed by atoms with Crippen LogP contribution < -0.4 is 0 Å². The molecule has 2 nitrogen and oxygen atoms in total. The van der Waals surface area contributed by atoms with Crippen molar-refractivity contribution in [2.45, 2.75) is 12.8 Å². The molecule has 5 heteroatoms. The Bertz CT molecular complexity index is 259. The standard InChI is InChI=1S/C7H9NO.4CH3.CH2.2ClH.Ti/c8-7(9)5-6-3-1-2-4-6;;;;;;;;/h1-3H,4-5H2,(H2,8,9);4*1H3;1H2;2*1H;/q;4*-1;;;;+2/p-3. The number of hydrogen-bond donors (Lipinski definition) is 0. The fraction of sp³-hybridized carbons (Fsp3) is 0.167. The van der Waals surface area contributed by atoms with E-state index in [1.165, 1.54) is 0 Å². The molecule has 1 N–H and O–H groups in total. The normalized spacial score (nSPS) is 9.88. The number of halogens is 2. The Labute approximate surface area is 121 Å². The molecule has 0 aliphatic heterocycles. The largest absolute Gasteiger partial charge is 0.667 e. The van der Waals surface area contributed by atoms with Gasteiger partial charge in [-0.1, -0.05) is 23.8 Å². The molecule has 0 bridgehead atoms. The van der Waals surface area contributed by atoms with Crippen LogP contribution >= 0.6 is 18.6 Å². The van der Waals surface area contributed by atoms with Crippen molar-refractivity contribution in [1.29, 1.82) is 0 Å². The molecule has 0 unspecified atom stereocenters. The van der Waals surface area contributed by atoms with Gasteiger partial charge >= 0.3 is 38.7 Å². The first-order chi connectivity index (χ1) is 6.02. The van der Waals surface area contributed by atoms with Crippen LogP contribution in [0.2, 0.25) is 0 Å². The number of nitrogens with one attached hydrogen (secondary N) is 1. The number of carbonyl (C=O) groups excluding carboxylic acids is 1. The Morgan fingerprint density at radius 1 is 1.35 bits per heavy atom. The molecule has 0 saturated heterocycles. The average molecular weight is 315 g/mol. The molecular formula is C12H22Cl2NOTi-5. The Hall–Kier alpha value is 0.114. The first-order valence-corrected chi connectivity index (χ1v) is 9.01. The number of allylic oxidation sites excluding steroid dienone is 3. The number of hydrogen-bond acceptors (Lipinski definition) is 1. The molecule has 0 aromatic carbocycles. The van der Waals surface area contributed by atoms with Crippen molar-refractivity contribution >= 4 is 29.3 Å². The summed E-state index contributed by atoms with van der Waals surface area (Å²) < 4.78 is 0. The molecule has 104 valence electrons. The molecule has 1 aliphatic rings. The Morgan fingerprint density at radius 2 is 1.76 bits per heavy atom. The smallest absolute Gasteiger partial charge is 0.0529 e. The molecule has 0 aromatic rings. The minimum absolute atomic E-state index is 0. The van der Waals surface area contributed by atoms with Crippen molar-refractivity contribution in [2.75, 3.05) is 0 Å². The van der Waals surface area contributed by atoms with Crippen LogP contribution in [0.25, 0.3) is 5.73 Å². The van der Waals surface area contributed by atoms with E-state index in [2.05, 4.69) is 4.82 Å². The number of carbonyl (C=O) groups is 1. The molecule has 1 amide bonds. The second kappa shape index (κ2) is 18.5. The van der Waals surface area contributed by atoms with Crippen LogP contribution in [0.5, 0.6) is 0 Å². The second-order valence-electron chi connectivity index (χ2n) is 2.40. The first kappa shape index (κ1) is 30.3. The van der Waals surface area contributed by atoms with Crippen LogP contribution in [0, 0.1) is 29.7 Å². The minimum Gasteiger partial charge on any atom is -0.667 e. The molecule has 1 aliphatic carbocycles. The fourth-order valence-corrected chi connectivity index (χ4v) is 0.829. The van der Waals surface area contributed by atoms with Gasteiger partial charge in [0, 0.05) is 6.42 Å². The van der Waals surface area contributed by atoms with E-state index in [0.29, 0.717) is 6.42 Å². The van der Waals surface area contributed by atoms with Gasteiger partial charge in [0.25, 0.3) is 0 Å². The fourth-order valence-electron chi connectivity index (χ4n) is 0.829. The van der Waals surface area contributed by atoms with Gasteiger partial charge in [-0.15, -0.1) is 0 Å².